The van der Waals surface area contributed by atoms with E-state index >= 15 is 0 Å². The second kappa shape index (κ2) is 20.3. The Bertz CT molecular complexity index is 343. The minimum absolute atomic E-state index is 0. The van der Waals surface area contributed by atoms with Gasteiger partial charge in [0, 0.05) is 0 Å². The van der Waals surface area contributed by atoms with Gasteiger partial charge in [0.2, 0.25) is 0 Å². The first-order valence-corrected chi connectivity index (χ1v) is 10.5. The molecule has 0 aliphatic rings. The summed E-state index contributed by atoms with van der Waals surface area (Å²) in [4.78, 5) is 22.2. The summed E-state index contributed by atoms with van der Waals surface area (Å²) in [6.07, 6.45) is 17.2. The van der Waals surface area contributed by atoms with E-state index in [1.54, 1.807) is 0 Å². The van der Waals surface area contributed by atoms with Crippen molar-refractivity contribution in [2.45, 2.75) is 110 Å². The van der Waals surface area contributed by atoms with Crippen LogP contribution in [-0.2, 0) is 9.59 Å². The fourth-order valence-corrected chi connectivity index (χ4v) is 3.43. The van der Waals surface area contributed by atoms with E-state index < -0.39 is 17.9 Å². The Morgan fingerprint density at radius 3 is 1.50 bits per heavy atom. The average Bonchev–Trinajstić information content (AvgIpc) is 2.57. The van der Waals surface area contributed by atoms with Gasteiger partial charge in [-0.3, -0.25) is 9.59 Å². The molecule has 0 spiro atoms. The van der Waals surface area contributed by atoms with Gasteiger partial charge in [-0.05, 0) is 12.3 Å². The molecule has 0 aliphatic heterocycles. The third-order valence-electron chi connectivity index (χ3n) is 5.10. The van der Waals surface area contributed by atoms with Crippen molar-refractivity contribution in [2.24, 2.45) is 11.8 Å². The van der Waals surface area contributed by atoms with Crippen LogP contribution in [0.4, 0.5) is 0 Å². The quantitative estimate of drug-likeness (QED) is 0.136. The Hall–Kier alpha value is 0.511. The van der Waals surface area contributed by atoms with Gasteiger partial charge in [0.25, 0.3) is 0 Å². The molecule has 1 atom stereocenters. The van der Waals surface area contributed by atoms with Crippen molar-refractivity contribution in [3.8, 4) is 0 Å². The molecule has 0 aliphatic carbocycles. The molecule has 0 saturated heterocycles. The van der Waals surface area contributed by atoms with E-state index in [1.807, 2.05) is 0 Å². The fraction of sp³-hybridized carbons (Fsp3) is 0.905. The maximum Gasteiger partial charge on any atom is 2.00 e. The molecule has 0 bridgehead atoms. The van der Waals surface area contributed by atoms with Gasteiger partial charge in [0.15, 0.2) is 5.92 Å². The summed E-state index contributed by atoms with van der Waals surface area (Å²) in [5.74, 6) is -3.41. The van der Waals surface area contributed by atoms with E-state index in [2.05, 4.69) is 13.8 Å². The molecule has 0 heterocycles. The summed E-state index contributed by atoms with van der Waals surface area (Å²) in [5.41, 5.74) is 0. The van der Waals surface area contributed by atoms with E-state index in [0.29, 0.717) is 0 Å². The maximum atomic E-state index is 11.1. The van der Waals surface area contributed by atoms with Gasteiger partial charge in [0.05, 0.1) is 0 Å². The number of aliphatic carboxylic acids is 2. The van der Waals surface area contributed by atoms with Crippen molar-refractivity contribution in [3.63, 3.8) is 0 Å². The van der Waals surface area contributed by atoms with Crippen molar-refractivity contribution in [1.82, 2.24) is 0 Å². The average molecular weight is 496 g/mol. The fourth-order valence-electron chi connectivity index (χ4n) is 3.43. The van der Waals surface area contributed by atoms with Crippen LogP contribution in [0.1, 0.15) is 113 Å². The number of hydrogen-bond acceptors (Lipinski definition) is 2. The van der Waals surface area contributed by atoms with Crippen LogP contribution in [0.5, 0.6) is 0 Å². The molecular weight excluding hydrogens is 454 g/mol. The van der Waals surface area contributed by atoms with Gasteiger partial charge in [-0.2, -0.15) is 0 Å². The SMILES string of the molecule is CCCCCCCCCCCCC(CCCC)CC(C(=O)O)C(=O)O.[Ba+2].[H-].[H-]. The molecule has 0 aromatic heterocycles. The van der Waals surface area contributed by atoms with Gasteiger partial charge in [0.1, 0.15) is 0 Å². The molecule has 4 nitrogen and oxygen atoms in total. The Morgan fingerprint density at radius 2 is 1.08 bits per heavy atom. The minimum Gasteiger partial charge on any atom is -1.00 e. The van der Waals surface area contributed by atoms with Gasteiger partial charge < -0.3 is 13.1 Å². The van der Waals surface area contributed by atoms with E-state index in [9.17, 15) is 9.59 Å². The van der Waals surface area contributed by atoms with Crippen LogP contribution < -0.4 is 0 Å². The molecule has 0 aromatic rings. The van der Waals surface area contributed by atoms with Crippen LogP contribution in [0.25, 0.3) is 0 Å². The van der Waals surface area contributed by atoms with E-state index in [4.69, 9.17) is 10.2 Å². The van der Waals surface area contributed by atoms with Crippen molar-refractivity contribution in [1.29, 1.82) is 0 Å². The molecule has 0 rings (SSSR count). The molecule has 5 heteroatoms. The predicted octanol–water partition coefficient (Wildman–Crippen LogP) is 6.12. The van der Waals surface area contributed by atoms with Crippen molar-refractivity contribution in [2.75, 3.05) is 0 Å². The minimum atomic E-state index is -1.25. The Morgan fingerprint density at radius 1 is 0.692 bits per heavy atom. The van der Waals surface area contributed by atoms with Gasteiger partial charge >= 0.3 is 60.8 Å². The van der Waals surface area contributed by atoms with E-state index in [0.717, 1.165) is 32.1 Å². The number of hydrogen-bond donors (Lipinski definition) is 2. The third-order valence-corrected chi connectivity index (χ3v) is 5.10. The van der Waals surface area contributed by atoms with E-state index in [1.165, 1.54) is 57.8 Å². The predicted molar refractivity (Wildman–Crippen MR) is 111 cm³/mol. The molecule has 2 N–H and O–H groups in total. The second-order valence-corrected chi connectivity index (χ2v) is 7.44. The molecule has 0 radical (unpaired) electrons. The second-order valence-electron chi connectivity index (χ2n) is 7.44. The maximum absolute atomic E-state index is 11.1. The summed E-state index contributed by atoms with van der Waals surface area (Å²) in [6.45, 7) is 4.35. The number of unbranched alkanes of at least 4 members (excludes halogenated alkanes) is 10. The molecule has 0 fully saturated rings. The molecule has 0 saturated carbocycles. The zero-order valence-corrected chi connectivity index (χ0v) is 21.6. The first-order valence-electron chi connectivity index (χ1n) is 10.5. The molecule has 1 unspecified atom stereocenters. The summed E-state index contributed by atoms with van der Waals surface area (Å²) in [5, 5.41) is 18.2. The zero-order chi connectivity index (χ0) is 18.9. The van der Waals surface area contributed by atoms with E-state index in [-0.39, 0.29) is 64.1 Å². The monoisotopic (exact) mass is 496 g/mol. The normalized spacial score (nSPS) is 12.0. The van der Waals surface area contributed by atoms with Gasteiger partial charge in [-0.25, -0.2) is 0 Å². The Labute approximate surface area is 203 Å². The van der Waals surface area contributed by atoms with Gasteiger partial charge in [-0.1, -0.05) is 104 Å². The van der Waals surface area contributed by atoms with Crippen molar-refractivity contribution in [3.05, 3.63) is 0 Å². The summed E-state index contributed by atoms with van der Waals surface area (Å²) < 4.78 is 0. The van der Waals surface area contributed by atoms with Gasteiger partial charge in [-0.15, -0.1) is 0 Å². The molecule has 0 amide bonds. The molecule has 0 aromatic carbocycles. The summed E-state index contributed by atoms with van der Waals surface area (Å²) in [7, 11) is 0. The Balaban J connectivity index is -0.000000960. The van der Waals surface area contributed by atoms with Crippen LogP contribution in [0, 0.1) is 11.8 Å². The summed E-state index contributed by atoms with van der Waals surface area (Å²) >= 11 is 0. The van der Waals surface area contributed by atoms with Crippen LogP contribution in [0.2, 0.25) is 0 Å². The summed E-state index contributed by atoms with van der Waals surface area (Å²) in [6, 6.07) is 0. The van der Waals surface area contributed by atoms with Crippen LogP contribution >= 0.6 is 0 Å². The zero-order valence-electron chi connectivity index (χ0n) is 19.2. The van der Waals surface area contributed by atoms with Crippen LogP contribution in [-0.4, -0.2) is 71.0 Å². The molecule has 152 valence electrons. The van der Waals surface area contributed by atoms with Crippen molar-refractivity contribution < 1.29 is 22.7 Å². The molecular formula is C21H42BaO4. The standard InChI is InChI=1S/C21H40O4.Ba.2H/c1-3-5-7-8-9-10-11-12-13-14-16-18(15-6-4-2)17-19(20(22)23)21(24)25;;;/h18-19H,3-17H2,1-2H3,(H,22,23)(H,24,25);;;/q;+2;2*-1. The Kier molecular flexibility index (Phi) is 22.4. The number of rotatable bonds is 18. The van der Waals surface area contributed by atoms with Crippen molar-refractivity contribution >= 4 is 60.8 Å². The number of carboxylic acids is 2. The largest absolute Gasteiger partial charge is 2.00 e. The first kappa shape index (κ1) is 28.7. The number of carbonyl (C=O) groups is 2. The smallest absolute Gasteiger partial charge is 1.00 e. The third kappa shape index (κ3) is 16.7. The van der Waals surface area contributed by atoms with Crippen LogP contribution in [0.15, 0.2) is 0 Å². The topological polar surface area (TPSA) is 74.6 Å². The van der Waals surface area contributed by atoms with Crippen LogP contribution in [0.3, 0.4) is 0 Å². The molecule has 26 heavy (non-hydrogen) atoms. The first-order chi connectivity index (χ1) is 12.0. The number of carboxylic acid groups (broad SMARTS) is 2.